The molecule has 0 fully saturated rings. The summed E-state index contributed by atoms with van der Waals surface area (Å²) in [5.41, 5.74) is 2.56. The van der Waals surface area contributed by atoms with E-state index in [0.717, 1.165) is 11.4 Å². The SMILES string of the molecule is Cc1noc(C)c1S(=O)(=O)Nc1ccc(Oc2cc(-n3cnc(C)c3C)ncn2)cc1. The van der Waals surface area contributed by atoms with E-state index in [9.17, 15) is 8.42 Å². The van der Waals surface area contributed by atoms with Gasteiger partial charge >= 0.3 is 0 Å². The van der Waals surface area contributed by atoms with Gasteiger partial charge in [0.2, 0.25) is 5.88 Å². The standard InChI is InChI=1S/C20H20N6O4S/c1-12-14(3)26(11-23-12)18-9-19(22-10-21-18)29-17-7-5-16(6-8-17)25-31(27,28)20-13(2)24-30-15(20)4/h5-11,25H,1-4H3. The molecule has 1 N–H and O–H groups in total. The predicted molar refractivity (Wildman–Crippen MR) is 112 cm³/mol. The number of rotatable bonds is 6. The average Bonchev–Trinajstić information content (AvgIpc) is 3.25. The van der Waals surface area contributed by atoms with Crippen LogP contribution in [0.3, 0.4) is 0 Å². The maximum Gasteiger partial charge on any atom is 0.267 e. The largest absolute Gasteiger partial charge is 0.439 e. The van der Waals surface area contributed by atoms with Crippen molar-refractivity contribution in [2.75, 3.05) is 4.72 Å². The third-order valence-corrected chi connectivity index (χ3v) is 6.32. The Bertz CT molecular complexity index is 1320. The maximum atomic E-state index is 12.6. The Labute approximate surface area is 179 Å². The monoisotopic (exact) mass is 440 g/mol. The Kier molecular flexibility index (Phi) is 5.19. The highest BCUT2D eigenvalue weighted by Crippen LogP contribution is 2.26. The lowest BCUT2D eigenvalue weighted by molar-refractivity contribution is 0.390. The van der Waals surface area contributed by atoms with Crippen molar-refractivity contribution in [1.82, 2.24) is 24.7 Å². The van der Waals surface area contributed by atoms with Gasteiger partial charge in [0.15, 0.2) is 10.7 Å². The fourth-order valence-corrected chi connectivity index (χ4v) is 4.41. The molecule has 0 aliphatic heterocycles. The van der Waals surface area contributed by atoms with Crippen LogP contribution in [0.25, 0.3) is 5.82 Å². The van der Waals surface area contributed by atoms with Gasteiger partial charge in [-0.05, 0) is 52.0 Å². The normalized spacial score (nSPS) is 11.5. The molecule has 0 aliphatic rings. The molecule has 160 valence electrons. The van der Waals surface area contributed by atoms with E-state index >= 15 is 0 Å². The number of benzene rings is 1. The van der Waals surface area contributed by atoms with Gasteiger partial charge in [-0.2, -0.15) is 0 Å². The van der Waals surface area contributed by atoms with Crippen LogP contribution in [-0.2, 0) is 10.0 Å². The maximum absolute atomic E-state index is 12.6. The van der Waals surface area contributed by atoms with Crippen LogP contribution >= 0.6 is 0 Å². The number of imidazole rings is 1. The van der Waals surface area contributed by atoms with Crippen molar-refractivity contribution in [3.8, 4) is 17.4 Å². The van der Waals surface area contributed by atoms with Crippen LogP contribution < -0.4 is 9.46 Å². The Balaban J connectivity index is 1.51. The molecule has 0 aliphatic carbocycles. The number of hydrogen-bond acceptors (Lipinski definition) is 8. The van der Waals surface area contributed by atoms with E-state index in [-0.39, 0.29) is 10.7 Å². The zero-order valence-corrected chi connectivity index (χ0v) is 18.1. The lowest BCUT2D eigenvalue weighted by atomic mass is 10.3. The number of nitrogens with zero attached hydrogens (tertiary/aromatic N) is 5. The minimum Gasteiger partial charge on any atom is -0.439 e. The molecule has 10 nitrogen and oxygen atoms in total. The first-order chi connectivity index (χ1) is 14.7. The molecule has 0 atom stereocenters. The van der Waals surface area contributed by atoms with Crippen LogP contribution in [0.2, 0.25) is 0 Å². The average molecular weight is 440 g/mol. The number of aryl methyl sites for hydroxylation is 3. The van der Waals surface area contributed by atoms with Crippen molar-refractivity contribution in [2.24, 2.45) is 0 Å². The van der Waals surface area contributed by atoms with Gasteiger partial charge in [0.1, 0.15) is 29.9 Å². The summed E-state index contributed by atoms with van der Waals surface area (Å²) in [5, 5.41) is 3.69. The molecule has 3 heterocycles. The molecule has 4 rings (SSSR count). The van der Waals surface area contributed by atoms with E-state index in [1.165, 1.54) is 6.33 Å². The van der Waals surface area contributed by atoms with Crippen LogP contribution in [0.5, 0.6) is 11.6 Å². The molecule has 1 aromatic carbocycles. The second-order valence-corrected chi connectivity index (χ2v) is 8.50. The molecule has 4 aromatic rings. The van der Waals surface area contributed by atoms with Crippen molar-refractivity contribution in [3.05, 3.63) is 65.8 Å². The minimum atomic E-state index is -3.82. The zero-order valence-electron chi connectivity index (χ0n) is 17.3. The Hall–Kier alpha value is -3.73. The zero-order chi connectivity index (χ0) is 22.2. The Morgan fingerprint density at radius 3 is 2.35 bits per heavy atom. The van der Waals surface area contributed by atoms with Crippen LogP contribution in [0.1, 0.15) is 22.8 Å². The number of sulfonamides is 1. The molecule has 0 bridgehead atoms. The molecule has 0 saturated carbocycles. The fraction of sp³-hybridized carbons (Fsp3) is 0.200. The van der Waals surface area contributed by atoms with Crippen molar-refractivity contribution >= 4 is 15.7 Å². The molecule has 31 heavy (non-hydrogen) atoms. The first-order valence-corrected chi connectivity index (χ1v) is 10.8. The number of aromatic nitrogens is 5. The van der Waals surface area contributed by atoms with Crippen molar-refractivity contribution in [2.45, 2.75) is 32.6 Å². The molecule has 0 saturated heterocycles. The van der Waals surface area contributed by atoms with Crippen LogP contribution in [0.4, 0.5) is 5.69 Å². The van der Waals surface area contributed by atoms with Crippen molar-refractivity contribution < 1.29 is 17.7 Å². The quantitative estimate of drug-likeness (QED) is 0.483. The lowest BCUT2D eigenvalue weighted by Gasteiger charge is -2.10. The van der Waals surface area contributed by atoms with Crippen LogP contribution in [0.15, 0.2) is 52.4 Å². The summed E-state index contributed by atoms with van der Waals surface area (Å²) in [6.45, 7) is 7.00. The van der Waals surface area contributed by atoms with E-state index in [1.807, 2.05) is 18.4 Å². The van der Waals surface area contributed by atoms with E-state index in [4.69, 9.17) is 9.26 Å². The Morgan fingerprint density at radius 1 is 1.00 bits per heavy atom. The molecular formula is C20H20N6O4S. The fourth-order valence-electron chi connectivity index (χ4n) is 3.02. The third kappa shape index (κ3) is 4.12. The van der Waals surface area contributed by atoms with Gasteiger partial charge in [0.25, 0.3) is 10.0 Å². The molecule has 0 radical (unpaired) electrons. The molecule has 0 unspecified atom stereocenters. The van der Waals surface area contributed by atoms with Crippen LogP contribution in [-0.4, -0.2) is 33.1 Å². The summed E-state index contributed by atoms with van der Waals surface area (Å²) >= 11 is 0. The first-order valence-electron chi connectivity index (χ1n) is 9.31. The van der Waals surface area contributed by atoms with E-state index in [1.54, 1.807) is 50.5 Å². The number of anilines is 1. The number of hydrogen-bond donors (Lipinski definition) is 1. The highest BCUT2D eigenvalue weighted by Gasteiger charge is 2.24. The van der Waals surface area contributed by atoms with Gasteiger partial charge in [-0.1, -0.05) is 5.16 Å². The van der Waals surface area contributed by atoms with Gasteiger partial charge in [-0.15, -0.1) is 0 Å². The van der Waals surface area contributed by atoms with E-state index in [0.29, 0.717) is 28.8 Å². The number of ether oxygens (including phenoxy) is 1. The van der Waals surface area contributed by atoms with Gasteiger partial charge in [0, 0.05) is 17.4 Å². The van der Waals surface area contributed by atoms with Gasteiger partial charge in [0.05, 0.1) is 5.69 Å². The summed E-state index contributed by atoms with van der Waals surface area (Å²) < 4.78 is 40.3. The molecular weight excluding hydrogens is 420 g/mol. The van der Waals surface area contributed by atoms with Gasteiger partial charge < -0.3 is 9.26 Å². The van der Waals surface area contributed by atoms with Gasteiger partial charge in [-0.3, -0.25) is 9.29 Å². The molecule has 3 aromatic heterocycles. The summed E-state index contributed by atoms with van der Waals surface area (Å²) in [7, 11) is -3.82. The van der Waals surface area contributed by atoms with Crippen molar-refractivity contribution in [1.29, 1.82) is 0 Å². The summed E-state index contributed by atoms with van der Waals surface area (Å²) in [4.78, 5) is 12.7. The highest BCUT2D eigenvalue weighted by atomic mass is 32.2. The summed E-state index contributed by atoms with van der Waals surface area (Å²) in [5.74, 6) is 1.70. The number of nitrogens with one attached hydrogen (secondary N) is 1. The minimum absolute atomic E-state index is 0.0337. The van der Waals surface area contributed by atoms with E-state index in [2.05, 4.69) is 24.8 Å². The summed E-state index contributed by atoms with van der Waals surface area (Å²) in [6, 6.07) is 8.16. The summed E-state index contributed by atoms with van der Waals surface area (Å²) in [6.07, 6.45) is 3.10. The van der Waals surface area contributed by atoms with E-state index < -0.39 is 10.0 Å². The predicted octanol–water partition coefficient (Wildman–Crippen LogP) is 3.48. The third-order valence-electron chi connectivity index (χ3n) is 4.69. The molecule has 0 spiro atoms. The Morgan fingerprint density at radius 2 is 1.74 bits per heavy atom. The lowest BCUT2D eigenvalue weighted by Crippen LogP contribution is -2.14. The van der Waals surface area contributed by atoms with Gasteiger partial charge in [-0.25, -0.2) is 23.4 Å². The van der Waals surface area contributed by atoms with Crippen LogP contribution in [0, 0.1) is 27.7 Å². The second kappa shape index (κ2) is 7.84. The van der Waals surface area contributed by atoms with Crippen molar-refractivity contribution in [3.63, 3.8) is 0 Å². The highest BCUT2D eigenvalue weighted by molar-refractivity contribution is 7.92. The topological polar surface area (TPSA) is 125 Å². The smallest absolute Gasteiger partial charge is 0.267 e. The first kappa shape index (κ1) is 20.5. The molecule has 11 heteroatoms. The second-order valence-electron chi connectivity index (χ2n) is 6.89. The molecule has 0 amide bonds.